The first kappa shape index (κ1) is 12.0. The lowest BCUT2D eigenvalue weighted by Gasteiger charge is -2.26. The molecule has 0 spiro atoms. The molecule has 0 atom stereocenters. The second-order valence-corrected chi connectivity index (χ2v) is 3.79. The van der Waals surface area contributed by atoms with Gasteiger partial charge in [-0.15, -0.1) is 0 Å². The smallest absolute Gasteiger partial charge is 0.305 e. The van der Waals surface area contributed by atoms with Crippen LogP contribution in [0.1, 0.15) is 19.3 Å². The Morgan fingerprint density at radius 1 is 1.40 bits per heavy atom. The fourth-order valence-electron chi connectivity index (χ4n) is 1.63. The topological polar surface area (TPSA) is 66.8 Å². The summed E-state index contributed by atoms with van der Waals surface area (Å²) in [6.07, 6.45) is 1.50. The molecule has 0 unspecified atom stereocenters. The van der Waals surface area contributed by atoms with Gasteiger partial charge in [-0.25, -0.2) is 0 Å². The van der Waals surface area contributed by atoms with Crippen LogP contribution in [0.4, 0.5) is 0 Å². The van der Waals surface area contributed by atoms with E-state index >= 15 is 0 Å². The molecule has 1 fully saturated rings. The molecule has 15 heavy (non-hydrogen) atoms. The van der Waals surface area contributed by atoms with Crippen molar-refractivity contribution in [2.45, 2.75) is 19.3 Å². The van der Waals surface area contributed by atoms with Crippen LogP contribution in [-0.4, -0.2) is 48.7 Å². The van der Waals surface area contributed by atoms with Crippen LogP contribution in [-0.2, 0) is 14.3 Å². The maximum atomic E-state index is 11.8. The minimum atomic E-state index is -0.873. The number of amides is 1. The van der Waals surface area contributed by atoms with Gasteiger partial charge in [0.1, 0.15) is 0 Å². The highest BCUT2D eigenvalue weighted by molar-refractivity contribution is 5.79. The number of rotatable bonds is 4. The summed E-state index contributed by atoms with van der Waals surface area (Å²) in [7, 11) is 1.65. The molecular formula is C10H17NO4. The van der Waals surface area contributed by atoms with Crippen LogP contribution in [0.25, 0.3) is 0 Å². The molecule has 5 nitrogen and oxygen atoms in total. The number of hydrogen-bond acceptors (Lipinski definition) is 3. The molecule has 1 saturated heterocycles. The second-order valence-electron chi connectivity index (χ2n) is 3.79. The van der Waals surface area contributed by atoms with E-state index in [0.717, 1.165) is 12.8 Å². The number of carboxylic acid groups (broad SMARTS) is 1. The van der Waals surface area contributed by atoms with E-state index in [0.29, 0.717) is 13.2 Å². The monoisotopic (exact) mass is 215 g/mol. The van der Waals surface area contributed by atoms with Gasteiger partial charge in [0, 0.05) is 32.7 Å². The van der Waals surface area contributed by atoms with Gasteiger partial charge in [0.15, 0.2) is 0 Å². The molecule has 0 aromatic carbocycles. The standard InChI is InChI=1S/C10H17NO4/c1-11(5-2-9(12)13)10(14)8-3-6-15-7-4-8/h8H,2-7H2,1H3,(H,12,13). The van der Waals surface area contributed by atoms with Crippen LogP contribution < -0.4 is 0 Å². The minimum Gasteiger partial charge on any atom is -0.481 e. The molecule has 0 aromatic rings. The Labute approximate surface area is 89.0 Å². The first-order chi connectivity index (χ1) is 7.11. The molecule has 1 aliphatic rings. The zero-order valence-corrected chi connectivity index (χ0v) is 8.94. The normalized spacial score (nSPS) is 17.4. The van der Waals surface area contributed by atoms with Crippen LogP contribution >= 0.6 is 0 Å². The third kappa shape index (κ3) is 3.87. The summed E-state index contributed by atoms with van der Waals surface area (Å²) in [6, 6.07) is 0. The maximum Gasteiger partial charge on any atom is 0.305 e. The highest BCUT2D eigenvalue weighted by Crippen LogP contribution is 2.16. The number of carboxylic acids is 1. The highest BCUT2D eigenvalue weighted by Gasteiger charge is 2.24. The number of aliphatic carboxylic acids is 1. The molecule has 0 radical (unpaired) electrons. The molecule has 0 aromatic heterocycles. The molecule has 86 valence electrons. The maximum absolute atomic E-state index is 11.8. The second kappa shape index (κ2) is 5.70. The zero-order chi connectivity index (χ0) is 11.3. The Balaban J connectivity index is 2.33. The summed E-state index contributed by atoms with van der Waals surface area (Å²) in [5.41, 5.74) is 0. The number of hydrogen-bond donors (Lipinski definition) is 1. The summed E-state index contributed by atoms with van der Waals surface area (Å²) in [4.78, 5) is 23.6. The van der Waals surface area contributed by atoms with Gasteiger partial charge >= 0.3 is 5.97 Å². The average molecular weight is 215 g/mol. The van der Waals surface area contributed by atoms with Crippen LogP contribution in [0.3, 0.4) is 0 Å². The average Bonchev–Trinajstić information content (AvgIpc) is 2.26. The Hall–Kier alpha value is -1.10. The molecule has 1 N–H and O–H groups in total. The van der Waals surface area contributed by atoms with Crippen molar-refractivity contribution in [2.75, 3.05) is 26.8 Å². The molecule has 1 aliphatic heterocycles. The van der Waals surface area contributed by atoms with E-state index in [4.69, 9.17) is 9.84 Å². The molecule has 1 amide bonds. The van der Waals surface area contributed by atoms with Crippen molar-refractivity contribution in [3.05, 3.63) is 0 Å². The van der Waals surface area contributed by atoms with Crippen LogP contribution in [0.5, 0.6) is 0 Å². The van der Waals surface area contributed by atoms with Crippen molar-refractivity contribution in [3.8, 4) is 0 Å². The predicted octanol–water partition coefficient (Wildman–Crippen LogP) is 0.346. The van der Waals surface area contributed by atoms with Gasteiger partial charge in [-0.2, -0.15) is 0 Å². The third-order valence-electron chi connectivity index (χ3n) is 2.61. The molecular weight excluding hydrogens is 198 g/mol. The van der Waals surface area contributed by atoms with Crippen molar-refractivity contribution < 1.29 is 19.4 Å². The summed E-state index contributed by atoms with van der Waals surface area (Å²) in [6.45, 7) is 1.54. The van der Waals surface area contributed by atoms with Crippen molar-refractivity contribution >= 4 is 11.9 Å². The molecule has 0 aliphatic carbocycles. The SMILES string of the molecule is CN(CCC(=O)O)C(=O)C1CCOCC1. The first-order valence-electron chi connectivity index (χ1n) is 5.15. The largest absolute Gasteiger partial charge is 0.481 e. The number of carbonyl (C=O) groups is 2. The van der Waals surface area contributed by atoms with Crippen molar-refractivity contribution in [1.29, 1.82) is 0 Å². The van der Waals surface area contributed by atoms with Crippen molar-refractivity contribution in [2.24, 2.45) is 5.92 Å². The van der Waals surface area contributed by atoms with Gasteiger partial charge in [-0.3, -0.25) is 9.59 Å². The molecule has 0 saturated carbocycles. The van der Waals surface area contributed by atoms with Crippen LogP contribution in [0.15, 0.2) is 0 Å². The molecule has 1 heterocycles. The van der Waals surface area contributed by atoms with E-state index in [1.54, 1.807) is 7.05 Å². The van der Waals surface area contributed by atoms with Crippen molar-refractivity contribution in [1.82, 2.24) is 4.90 Å². The van der Waals surface area contributed by atoms with Gasteiger partial charge in [0.05, 0.1) is 6.42 Å². The van der Waals surface area contributed by atoms with E-state index in [2.05, 4.69) is 0 Å². The van der Waals surface area contributed by atoms with Crippen LogP contribution in [0, 0.1) is 5.92 Å². The summed E-state index contributed by atoms with van der Waals surface area (Å²) >= 11 is 0. The number of carbonyl (C=O) groups excluding carboxylic acids is 1. The van der Waals surface area contributed by atoms with E-state index in [9.17, 15) is 9.59 Å². The molecule has 1 rings (SSSR count). The van der Waals surface area contributed by atoms with Gasteiger partial charge in [-0.1, -0.05) is 0 Å². The Kier molecular flexibility index (Phi) is 4.55. The molecule has 0 bridgehead atoms. The fraction of sp³-hybridized carbons (Fsp3) is 0.800. The van der Waals surface area contributed by atoms with Gasteiger partial charge < -0.3 is 14.7 Å². The van der Waals surface area contributed by atoms with E-state index in [1.807, 2.05) is 0 Å². The minimum absolute atomic E-state index is 0.00542. The summed E-state index contributed by atoms with van der Waals surface area (Å²) in [5, 5.41) is 8.50. The number of ether oxygens (including phenoxy) is 1. The first-order valence-corrected chi connectivity index (χ1v) is 5.15. The van der Waals surface area contributed by atoms with E-state index < -0.39 is 5.97 Å². The van der Waals surface area contributed by atoms with Crippen molar-refractivity contribution in [3.63, 3.8) is 0 Å². The lowest BCUT2D eigenvalue weighted by Crippen LogP contribution is -2.37. The lowest BCUT2D eigenvalue weighted by atomic mass is 9.99. The highest BCUT2D eigenvalue weighted by atomic mass is 16.5. The fourth-order valence-corrected chi connectivity index (χ4v) is 1.63. The Morgan fingerprint density at radius 2 is 2.00 bits per heavy atom. The Morgan fingerprint density at radius 3 is 2.53 bits per heavy atom. The third-order valence-corrected chi connectivity index (χ3v) is 2.61. The summed E-state index contributed by atoms with van der Waals surface area (Å²) < 4.78 is 5.16. The van der Waals surface area contributed by atoms with Gasteiger partial charge in [0.25, 0.3) is 0 Å². The van der Waals surface area contributed by atoms with E-state index in [1.165, 1.54) is 4.90 Å². The number of nitrogens with zero attached hydrogens (tertiary/aromatic N) is 1. The Bertz CT molecular complexity index is 236. The zero-order valence-electron chi connectivity index (χ0n) is 8.94. The lowest BCUT2D eigenvalue weighted by molar-refractivity contribution is -0.140. The van der Waals surface area contributed by atoms with E-state index in [-0.39, 0.29) is 24.8 Å². The summed E-state index contributed by atoms with van der Waals surface area (Å²) in [5.74, 6) is -0.821. The van der Waals surface area contributed by atoms with Gasteiger partial charge in [0.2, 0.25) is 5.91 Å². The molecule has 5 heteroatoms. The quantitative estimate of drug-likeness (QED) is 0.734. The van der Waals surface area contributed by atoms with Crippen LogP contribution in [0.2, 0.25) is 0 Å². The predicted molar refractivity (Wildman–Crippen MR) is 53.4 cm³/mol. The van der Waals surface area contributed by atoms with Gasteiger partial charge in [-0.05, 0) is 12.8 Å².